The molecule has 1 aliphatic heterocycles. The van der Waals surface area contributed by atoms with Gasteiger partial charge in [-0.05, 0) is 13.3 Å². The van der Waals surface area contributed by atoms with Crippen LogP contribution in [0.1, 0.15) is 32.6 Å². The molecule has 0 aromatic heterocycles. The van der Waals surface area contributed by atoms with Crippen molar-refractivity contribution in [2.24, 2.45) is 0 Å². The third kappa shape index (κ3) is 5.20. The predicted molar refractivity (Wildman–Crippen MR) is 54.1 cm³/mol. The maximum atomic E-state index is 11.1. The van der Waals surface area contributed by atoms with E-state index in [9.17, 15) is 9.59 Å². The zero-order valence-electron chi connectivity index (χ0n) is 8.95. The standard InChI is InChI=1S/C11H16O4/c1-9-3-2-7-14-10(12)4-5-11(13)15-8-6-9/h3H,2,4-8H2,1H3/b9-3+. The summed E-state index contributed by atoms with van der Waals surface area (Å²) in [5.41, 5.74) is 1.15. The van der Waals surface area contributed by atoms with Gasteiger partial charge in [-0.15, -0.1) is 0 Å². The van der Waals surface area contributed by atoms with Crippen molar-refractivity contribution < 1.29 is 19.1 Å². The van der Waals surface area contributed by atoms with Gasteiger partial charge in [0.1, 0.15) is 0 Å². The van der Waals surface area contributed by atoms with Gasteiger partial charge in [-0.3, -0.25) is 9.59 Å². The lowest BCUT2D eigenvalue weighted by molar-refractivity contribution is -0.150. The number of hydrogen-bond acceptors (Lipinski definition) is 4. The van der Waals surface area contributed by atoms with Crippen LogP contribution in [0.15, 0.2) is 11.6 Å². The van der Waals surface area contributed by atoms with Crippen molar-refractivity contribution in [2.45, 2.75) is 32.6 Å². The number of rotatable bonds is 0. The molecule has 0 unspecified atom stereocenters. The number of carbonyl (C=O) groups is 2. The second-order valence-corrected chi connectivity index (χ2v) is 3.53. The molecule has 0 amide bonds. The van der Waals surface area contributed by atoms with E-state index in [1.54, 1.807) is 0 Å². The van der Waals surface area contributed by atoms with Gasteiger partial charge >= 0.3 is 11.9 Å². The zero-order valence-corrected chi connectivity index (χ0v) is 8.95. The average molecular weight is 212 g/mol. The number of esters is 2. The highest BCUT2D eigenvalue weighted by Gasteiger charge is 2.09. The fraction of sp³-hybridized carbons (Fsp3) is 0.636. The quantitative estimate of drug-likeness (QED) is 0.452. The Kier molecular flexibility index (Phi) is 4.87. The molecule has 0 saturated heterocycles. The summed E-state index contributed by atoms with van der Waals surface area (Å²) in [6, 6.07) is 0. The Morgan fingerprint density at radius 3 is 2.27 bits per heavy atom. The SMILES string of the molecule is C/C1=C\CCOC(=O)CCC(=O)OCC1. The lowest BCUT2D eigenvalue weighted by Crippen LogP contribution is -2.12. The Bertz CT molecular complexity index is 268. The summed E-state index contributed by atoms with van der Waals surface area (Å²) in [5, 5.41) is 0. The minimum atomic E-state index is -0.335. The fourth-order valence-corrected chi connectivity index (χ4v) is 1.25. The molecule has 1 aliphatic rings. The van der Waals surface area contributed by atoms with Crippen molar-refractivity contribution in [1.82, 2.24) is 0 Å². The zero-order chi connectivity index (χ0) is 11.1. The Morgan fingerprint density at radius 2 is 1.60 bits per heavy atom. The summed E-state index contributed by atoms with van der Waals surface area (Å²) in [4.78, 5) is 22.2. The van der Waals surface area contributed by atoms with Crippen molar-refractivity contribution in [3.63, 3.8) is 0 Å². The van der Waals surface area contributed by atoms with E-state index in [0.29, 0.717) is 13.2 Å². The van der Waals surface area contributed by atoms with Gasteiger partial charge in [0.2, 0.25) is 0 Å². The normalized spacial score (nSPS) is 23.9. The lowest BCUT2D eigenvalue weighted by atomic mass is 10.2. The summed E-state index contributed by atoms with van der Waals surface area (Å²) >= 11 is 0. The Hall–Kier alpha value is -1.32. The van der Waals surface area contributed by atoms with Gasteiger partial charge in [0.15, 0.2) is 0 Å². The molecule has 4 nitrogen and oxygen atoms in total. The molecule has 15 heavy (non-hydrogen) atoms. The lowest BCUT2D eigenvalue weighted by Gasteiger charge is -2.08. The van der Waals surface area contributed by atoms with E-state index >= 15 is 0 Å². The van der Waals surface area contributed by atoms with E-state index in [2.05, 4.69) is 0 Å². The first-order valence-electron chi connectivity index (χ1n) is 5.15. The molecule has 1 heterocycles. The van der Waals surface area contributed by atoms with Crippen LogP contribution in [-0.2, 0) is 19.1 Å². The maximum absolute atomic E-state index is 11.1. The van der Waals surface area contributed by atoms with Crippen LogP contribution in [0.3, 0.4) is 0 Å². The van der Waals surface area contributed by atoms with Crippen LogP contribution in [0, 0.1) is 0 Å². The first kappa shape index (κ1) is 11.8. The molecule has 0 radical (unpaired) electrons. The summed E-state index contributed by atoms with van der Waals surface area (Å²) in [6.07, 6.45) is 3.71. The van der Waals surface area contributed by atoms with Gasteiger partial charge in [0.05, 0.1) is 26.1 Å². The molecule has 1 rings (SSSR count). The molecule has 0 bridgehead atoms. The van der Waals surface area contributed by atoms with Crippen LogP contribution >= 0.6 is 0 Å². The Balaban J connectivity index is 2.48. The maximum Gasteiger partial charge on any atom is 0.306 e. The Morgan fingerprint density at radius 1 is 1.00 bits per heavy atom. The first-order valence-corrected chi connectivity index (χ1v) is 5.15. The molecular weight excluding hydrogens is 196 g/mol. The Labute approximate surface area is 89.2 Å². The van der Waals surface area contributed by atoms with E-state index in [0.717, 1.165) is 18.4 Å². The van der Waals surface area contributed by atoms with Crippen LogP contribution in [0.5, 0.6) is 0 Å². The summed E-state index contributed by atoms with van der Waals surface area (Å²) in [7, 11) is 0. The third-order valence-corrected chi connectivity index (χ3v) is 2.17. The molecule has 84 valence electrons. The van der Waals surface area contributed by atoms with Gasteiger partial charge in [-0.1, -0.05) is 11.6 Å². The van der Waals surface area contributed by atoms with E-state index in [4.69, 9.17) is 9.47 Å². The minimum Gasteiger partial charge on any atom is -0.465 e. The van der Waals surface area contributed by atoms with Crippen molar-refractivity contribution in [3.8, 4) is 0 Å². The van der Waals surface area contributed by atoms with E-state index in [1.165, 1.54) is 0 Å². The van der Waals surface area contributed by atoms with Gasteiger partial charge in [-0.2, -0.15) is 0 Å². The number of carbonyl (C=O) groups excluding carboxylic acids is 2. The van der Waals surface area contributed by atoms with E-state index < -0.39 is 0 Å². The van der Waals surface area contributed by atoms with Crippen molar-refractivity contribution in [1.29, 1.82) is 0 Å². The number of cyclic esters (lactones) is 2. The highest BCUT2D eigenvalue weighted by atomic mass is 16.5. The van der Waals surface area contributed by atoms with Crippen molar-refractivity contribution >= 4 is 11.9 Å². The van der Waals surface area contributed by atoms with Crippen molar-refractivity contribution in [3.05, 3.63) is 11.6 Å². The molecule has 0 aliphatic carbocycles. The fourth-order valence-electron chi connectivity index (χ4n) is 1.25. The third-order valence-electron chi connectivity index (χ3n) is 2.17. The van der Waals surface area contributed by atoms with Gasteiger partial charge < -0.3 is 9.47 Å². The topological polar surface area (TPSA) is 52.6 Å². The largest absolute Gasteiger partial charge is 0.465 e. The molecule has 0 saturated carbocycles. The number of hydrogen-bond donors (Lipinski definition) is 0. The van der Waals surface area contributed by atoms with Crippen LogP contribution in [0.2, 0.25) is 0 Å². The monoisotopic (exact) mass is 212 g/mol. The molecule has 0 aromatic carbocycles. The highest BCUT2D eigenvalue weighted by Crippen LogP contribution is 2.05. The number of ether oxygens (including phenoxy) is 2. The summed E-state index contributed by atoms with van der Waals surface area (Å²) in [5.74, 6) is -0.668. The summed E-state index contributed by atoms with van der Waals surface area (Å²) in [6.45, 7) is 2.77. The molecule has 0 spiro atoms. The van der Waals surface area contributed by atoms with E-state index in [1.807, 2.05) is 13.0 Å². The molecule has 0 fully saturated rings. The second kappa shape index (κ2) is 6.22. The van der Waals surface area contributed by atoms with Crippen LogP contribution in [0.25, 0.3) is 0 Å². The van der Waals surface area contributed by atoms with Gasteiger partial charge in [-0.25, -0.2) is 0 Å². The molecule has 0 atom stereocenters. The van der Waals surface area contributed by atoms with Crippen molar-refractivity contribution in [2.75, 3.05) is 13.2 Å². The summed E-state index contributed by atoms with van der Waals surface area (Å²) < 4.78 is 9.87. The van der Waals surface area contributed by atoms with Crippen LogP contribution in [-0.4, -0.2) is 25.2 Å². The molecular formula is C11H16O4. The molecule has 0 aromatic rings. The van der Waals surface area contributed by atoms with E-state index in [-0.39, 0.29) is 24.8 Å². The van der Waals surface area contributed by atoms with Gasteiger partial charge in [0, 0.05) is 6.42 Å². The smallest absolute Gasteiger partial charge is 0.306 e. The molecule has 4 heteroatoms. The second-order valence-electron chi connectivity index (χ2n) is 3.53. The van der Waals surface area contributed by atoms with Gasteiger partial charge in [0.25, 0.3) is 0 Å². The first-order chi connectivity index (χ1) is 7.18. The molecule has 0 N–H and O–H groups in total. The highest BCUT2D eigenvalue weighted by molar-refractivity contribution is 5.77. The predicted octanol–water partition coefficient (Wildman–Crippen LogP) is 1.59. The average Bonchev–Trinajstić information content (AvgIpc) is 2.20. The van der Waals surface area contributed by atoms with Crippen LogP contribution in [0.4, 0.5) is 0 Å². The minimum absolute atomic E-state index is 0.113. The van der Waals surface area contributed by atoms with Crippen LogP contribution < -0.4 is 0 Å².